The number of ether oxygens (including phenoxy) is 2. The van der Waals surface area contributed by atoms with Crippen LogP contribution in [0.1, 0.15) is 61.8 Å². The molecule has 3 aromatic rings. The molecule has 0 saturated heterocycles. The lowest BCUT2D eigenvalue weighted by Gasteiger charge is -2.24. The molecule has 0 aliphatic rings. The van der Waals surface area contributed by atoms with Crippen molar-refractivity contribution in [2.24, 2.45) is 11.8 Å². The average molecular weight is 597 g/mol. The highest BCUT2D eigenvalue weighted by Crippen LogP contribution is 2.37. The summed E-state index contributed by atoms with van der Waals surface area (Å²) in [6.07, 6.45) is 1.75. The van der Waals surface area contributed by atoms with Gasteiger partial charge in [-0.2, -0.15) is 0 Å². The van der Waals surface area contributed by atoms with Gasteiger partial charge in [-0.05, 0) is 91.5 Å². The van der Waals surface area contributed by atoms with E-state index < -0.39 is 18.6 Å². The first-order valence-corrected chi connectivity index (χ1v) is 14.7. The molecule has 3 rings (SSSR count). The van der Waals surface area contributed by atoms with Crippen molar-refractivity contribution in [2.45, 2.75) is 71.5 Å². The van der Waals surface area contributed by atoms with Crippen molar-refractivity contribution in [1.29, 1.82) is 0 Å². The number of rotatable bonds is 17. The molecule has 0 fully saturated rings. The first-order chi connectivity index (χ1) is 20.5. The molecule has 0 spiro atoms. The number of aryl methyl sites for hydroxylation is 2. The number of benzene rings is 3. The van der Waals surface area contributed by atoms with Gasteiger partial charge in [0.15, 0.2) is 23.0 Å². The van der Waals surface area contributed by atoms with Crippen LogP contribution >= 0.6 is 0 Å². The van der Waals surface area contributed by atoms with Gasteiger partial charge in [0.05, 0.1) is 26.4 Å². The summed E-state index contributed by atoms with van der Waals surface area (Å²) >= 11 is 0. The van der Waals surface area contributed by atoms with Crippen molar-refractivity contribution in [3.05, 3.63) is 70.8 Å². The van der Waals surface area contributed by atoms with E-state index in [0.29, 0.717) is 41.4 Å². The number of phenols is 4. The van der Waals surface area contributed by atoms with E-state index in [-0.39, 0.29) is 60.2 Å². The number of hydrogen-bond donors (Lipinski definition) is 6. The summed E-state index contributed by atoms with van der Waals surface area (Å²) in [7, 11) is 1.45. The van der Waals surface area contributed by atoms with Gasteiger partial charge in [0.2, 0.25) is 5.75 Å². The number of aromatic hydroxyl groups is 4. The van der Waals surface area contributed by atoms with Gasteiger partial charge < -0.3 is 40.1 Å². The van der Waals surface area contributed by atoms with Gasteiger partial charge >= 0.3 is 0 Å². The summed E-state index contributed by atoms with van der Waals surface area (Å²) in [6, 6.07) is 12.7. The summed E-state index contributed by atoms with van der Waals surface area (Å²) in [6.45, 7) is 4.19. The van der Waals surface area contributed by atoms with E-state index in [1.807, 2.05) is 0 Å². The molecule has 3 aromatic carbocycles. The molecule has 0 bridgehead atoms. The molecule has 2 atom stereocenters. The Labute approximate surface area is 253 Å². The highest BCUT2D eigenvalue weighted by atomic mass is 16.5. The predicted octanol–water partition coefficient (Wildman–Crippen LogP) is 5.18. The zero-order chi connectivity index (χ0) is 31.5. The highest BCUT2D eigenvalue weighted by molar-refractivity contribution is 5.82. The van der Waals surface area contributed by atoms with Crippen molar-refractivity contribution >= 4 is 5.78 Å². The molecule has 0 aromatic heterocycles. The minimum absolute atomic E-state index is 0.00431. The zero-order valence-electron chi connectivity index (χ0n) is 25.1. The molecule has 6 N–H and O–H groups in total. The number of phenolic OH excluding ortho intramolecular Hbond substituents is 3. The molecule has 43 heavy (non-hydrogen) atoms. The van der Waals surface area contributed by atoms with Crippen molar-refractivity contribution in [3.63, 3.8) is 0 Å². The third kappa shape index (κ3) is 9.53. The molecule has 0 aliphatic carbocycles. The summed E-state index contributed by atoms with van der Waals surface area (Å²) in [5.74, 6) is -0.854. The van der Waals surface area contributed by atoms with Crippen LogP contribution in [-0.2, 0) is 30.7 Å². The number of methoxy groups -OCH3 is 1. The molecule has 0 amide bonds. The Morgan fingerprint density at radius 3 is 2.30 bits per heavy atom. The first-order valence-electron chi connectivity index (χ1n) is 14.7. The molecule has 9 heteroatoms. The number of ketones is 1. The van der Waals surface area contributed by atoms with Crippen LogP contribution in [0.4, 0.5) is 0 Å². The maximum atomic E-state index is 13.6. The SMILES string of the molecule is COc1cc(CCC(O)C(Cc2cccc(O)c2CO)C(=O)CCc2cc(O)c(O)c(OCCCC(C)C)c2)ccc1O. The van der Waals surface area contributed by atoms with E-state index in [2.05, 4.69) is 13.8 Å². The molecule has 234 valence electrons. The molecular formula is C34H44O9. The molecule has 2 unspecified atom stereocenters. The molecule has 0 aliphatic heterocycles. The smallest absolute Gasteiger partial charge is 0.200 e. The minimum Gasteiger partial charge on any atom is -0.508 e. The number of carbonyl (C=O) groups is 1. The second-order valence-corrected chi connectivity index (χ2v) is 11.3. The normalized spacial score (nSPS) is 12.7. The Kier molecular flexibility index (Phi) is 12.5. The Bertz CT molecular complexity index is 1350. The van der Waals surface area contributed by atoms with E-state index in [0.717, 1.165) is 18.4 Å². The lowest BCUT2D eigenvalue weighted by molar-refractivity contribution is -0.126. The minimum atomic E-state index is -1.05. The summed E-state index contributed by atoms with van der Waals surface area (Å²) in [4.78, 5) is 13.6. The predicted molar refractivity (Wildman–Crippen MR) is 163 cm³/mol. The molecular weight excluding hydrogens is 552 g/mol. The van der Waals surface area contributed by atoms with Crippen molar-refractivity contribution in [3.8, 4) is 34.5 Å². The van der Waals surface area contributed by atoms with Crippen LogP contribution < -0.4 is 9.47 Å². The van der Waals surface area contributed by atoms with E-state index in [4.69, 9.17) is 9.47 Å². The third-order valence-corrected chi connectivity index (χ3v) is 7.66. The van der Waals surface area contributed by atoms with Crippen LogP contribution in [0.2, 0.25) is 0 Å². The van der Waals surface area contributed by atoms with Gasteiger partial charge in [0, 0.05) is 17.9 Å². The van der Waals surface area contributed by atoms with Crippen molar-refractivity contribution < 1.29 is 44.9 Å². The van der Waals surface area contributed by atoms with Crippen LogP contribution in [0.5, 0.6) is 34.5 Å². The van der Waals surface area contributed by atoms with Crippen LogP contribution in [0, 0.1) is 11.8 Å². The maximum Gasteiger partial charge on any atom is 0.200 e. The van der Waals surface area contributed by atoms with Crippen LogP contribution in [-0.4, -0.2) is 56.2 Å². The Morgan fingerprint density at radius 1 is 0.860 bits per heavy atom. The van der Waals surface area contributed by atoms with E-state index in [1.165, 1.54) is 25.3 Å². The van der Waals surface area contributed by atoms with Gasteiger partial charge in [0.25, 0.3) is 0 Å². The van der Waals surface area contributed by atoms with E-state index in [1.54, 1.807) is 30.3 Å². The Balaban J connectivity index is 1.77. The first kappa shape index (κ1) is 33.6. The number of hydrogen-bond acceptors (Lipinski definition) is 9. The number of aliphatic hydroxyl groups excluding tert-OH is 2. The van der Waals surface area contributed by atoms with Crippen molar-refractivity contribution in [1.82, 2.24) is 0 Å². The Morgan fingerprint density at radius 2 is 1.60 bits per heavy atom. The van der Waals surface area contributed by atoms with E-state index >= 15 is 0 Å². The van der Waals surface area contributed by atoms with Crippen LogP contribution in [0.15, 0.2) is 48.5 Å². The fourth-order valence-corrected chi connectivity index (χ4v) is 5.12. The highest BCUT2D eigenvalue weighted by Gasteiger charge is 2.28. The van der Waals surface area contributed by atoms with Gasteiger partial charge in [-0.25, -0.2) is 0 Å². The average Bonchev–Trinajstić information content (AvgIpc) is 2.98. The molecule has 0 radical (unpaired) electrons. The molecule has 0 saturated carbocycles. The lowest BCUT2D eigenvalue weighted by Crippen LogP contribution is -2.31. The zero-order valence-corrected chi connectivity index (χ0v) is 25.1. The molecule has 0 heterocycles. The fourth-order valence-electron chi connectivity index (χ4n) is 5.12. The Hall–Kier alpha value is -3.95. The van der Waals surface area contributed by atoms with Gasteiger partial charge in [0.1, 0.15) is 11.5 Å². The topological polar surface area (TPSA) is 157 Å². The van der Waals surface area contributed by atoms with Crippen LogP contribution in [0.25, 0.3) is 0 Å². The van der Waals surface area contributed by atoms with E-state index in [9.17, 15) is 35.4 Å². The van der Waals surface area contributed by atoms with Gasteiger partial charge in [-0.15, -0.1) is 0 Å². The number of aliphatic hydroxyl groups is 2. The third-order valence-electron chi connectivity index (χ3n) is 7.66. The van der Waals surface area contributed by atoms with Gasteiger partial charge in [-0.1, -0.05) is 32.0 Å². The summed E-state index contributed by atoms with van der Waals surface area (Å²) in [5, 5.41) is 61.8. The maximum absolute atomic E-state index is 13.6. The summed E-state index contributed by atoms with van der Waals surface area (Å²) in [5.41, 5.74) is 2.28. The fraction of sp³-hybridized carbons (Fsp3) is 0.441. The monoisotopic (exact) mass is 596 g/mol. The summed E-state index contributed by atoms with van der Waals surface area (Å²) < 4.78 is 10.9. The quantitative estimate of drug-likeness (QED) is 0.0913. The number of carbonyl (C=O) groups excluding carboxylic acids is 1. The van der Waals surface area contributed by atoms with Crippen LogP contribution in [0.3, 0.4) is 0 Å². The van der Waals surface area contributed by atoms with Gasteiger partial charge in [-0.3, -0.25) is 4.79 Å². The lowest BCUT2D eigenvalue weighted by atomic mass is 9.84. The van der Waals surface area contributed by atoms with Crippen molar-refractivity contribution in [2.75, 3.05) is 13.7 Å². The standard InChI is InChI=1S/C34H44O9/c1-21(2)6-5-15-43-33-18-23(16-31(40)34(33)41)11-13-29(38)25(19-24-7-4-8-27(36)26(24)20-35)28(37)12-9-22-10-14-30(39)32(17-22)42-3/h4,7-8,10,14,16-18,21,25,28,35-37,39-41H,5-6,9,11-13,15,19-20H2,1-3H3. The second-order valence-electron chi connectivity index (χ2n) is 11.3. The largest absolute Gasteiger partial charge is 0.508 e. The molecule has 9 nitrogen and oxygen atoms in total. The second kappa shape index (κ2) is 16.0. The number of Topliss-reactive ketones (excluding diaryl/α,β-unsaturated/α-hetero) is 1.